The van der Waals surface area contributed by atoms with Crippen molar-refractivity contribution >= 4 is 6.09 Å². The van der Waals surface area contributed by atoms with Crippen LogP contribution in [-0.2, 0) is 14.2 Å². The number of alkyl carbamates (subject to hydrolysis) is 1. The van der Waals surface area contributed by atoms with Crippen LogP contribution in [0.3, 0.4) is 0 Å². The van der Waals surface area contributed by atoms with Crippen LogP contribution in [-0.4, -0.2) is 56.8 Å². The van der Waals surface area contributed by atoms with E-state index in [9.17, 15) is 4.79 Å². The Morgan fingerprint density at radius 2 is 2.18 bits per heavy atom. The lowest BCUT2D eigenvalue weighted by atomic mass is 10.2. The Hall–Kier alpha value is -0.850. The molecular weight excluding hydrogens is 284 g/mol. The van der Waals surface area contributed by atoms with Gasteiger partial charge < -0.3 is 24.8 Å². The highest BCUT2D eigenvalue weighted by Gasteiger charge is 2.16. The summed E-state index contributed by atoms with van der Waals surface area (Å²) in [5, 5.41) is 6.10. The summed E-state index contributed by atoms with van der Waals surface area (Å²) in [7, 11) is 0. The highest BCUT2D eigenvalue weighted by Crippen LogP contribution is 2.11. The maximum Gasteiger partial charge on any atom is 0.407 e. The van der Waals surface area contributed by atoms with Gasteiger partial charge in [0.25, 0.3) is 0 Å². The zero-order valence-corrected chi connectivity index (χ0v) is 14.4. The fourth-order valence-electron chi connectivity index (χ4n) is 2.14. The molecule has 1 heterocycles. The van der Waals surface area contributed by atoms with Crippen LogP contribution in [0.25, 0.3) is 0 Å². The number of hydrogen-bond donors (Lipinski definition) is 2. The molecular formula is C16H32N2O4. The van der Waals surface area contributed by atoms with E-state index in [1.807, 2.05) is 27.7 Å². The lowest BCUT2D eigenvalue weighted by molar-refractivity contribution is 0.0165. The third-order valence-corrected chi connectivity index (χ3v) is 3.24. The van der Waals surface area contributed by atoms with Crippen LogP contribution in [0.15, 0.2) is 0 Å². The van der Waals surface area contributed by atoms with Gasteiger partial charge in [-0.1, -0.05) is 0 Å². The Kier molecular flexibility index (Phi) is 8.75. The standard InChI is InChI=1S/C16H32N2O4/c1-13(11-18-15(19)22-16(2,3)4)17-8-6-9-20-12-14-7-5-10-21-14/h13-14,17H,5-12H2,1-4H3,(H,18,19). The van der Waals surface area contributed by atoms with Gasteiger partial charge >= 0.3 is 6.09 Å². The largest absolute Gasteiger partial charge is 0.444 e. The van der Waals surface area contributed by atoms with E-state index in [4.69, 9.17) is 14.2 Å². The van der Waals surface area contributed by atoms with Gasteiger partial charge in [-0.15, -0.1) is 0 Å². The molecule has 130 valence electrons. The second-order valence-corrected chi connectivity index (χ2v) is 6.80. The van der Waals surface area contributed by atoms with Crippen LogP contribution in [0, 0.1) is 0 Å². The van der Waals surface area contributed by atoms with Crippen LogP contribution >= 0.6 is 0 Å². The molecule has 0 radical (unpaired) electrons. The van der Waals surface area contributed by atoms with Crippen molar-refractivity contribution in [2.75, 3.05) is 32.9 Å². The number of carbonyl (C=O) groups is 1. The van der Waals surface area contributed by atoms with E-state index < -0.39 is 5.60 Å². The van der Waals surface area contributed by atoms with Gasteiger partial charge in [0.2, 0.25) is 0 Å². The van der Waals surface area contributed by atoms with Crippen LogP contribution in [0.2, 0.25) is 0 Å². The summed E-state index contributed by atoms with van der Waals surface area (Å²) in [4.78, 5) is 11.5. The zero-order chi connectivity index (χ0) is 16.4. The molecule has 1 amide bonds. The van der Waals surface area contributed by atoms with Gasteiger partial charge in [0.1, 0.15) is 5.60 Å². The summed E-state index contributed by atoms with van der Waals surface area (Å²) in [6.45, 7) is 11.3. The van der Waals surface area contributed by atoms with Crippen LogP contribution in [0.5, 0.6) is 0 Å². The Morgan fingerprint density at radius 1 is 1.41 bits per heavy atom. The third kappa shape index (κ3) is 9.97. The van der Waals surface area contributed by atoms with Crippen molar-refractivity contribution in [1.82, 2.24) is 10.6 Å². The third-order valence-electron chi connectivity index (χ3n) is 3.24. The molecule has 0 aromatic heterocycles. The summed E-state index contributed by atoms with van der Waals surface area (Å²) in [5.41, 5.74) is -0.457. The fourth-order valence-corrected chi connectivity index (χ4v) is 2.14. The van der Waals surface area contributed by atoms with E-state index in [-0.39, 0.29) is 12.1 Å². The molecule has 6 nitrogen and oxygen atoms in total. The molecule has 0 saturated carbocycles. The maximum absolute atomic E-state index is 11.5. The molecule has 2 unspecified atom stereocenters. The fraction of sp³-hybridized carbons (Fsp3) is 0.938. The first-order chi connectivity index (χ1) is 10.4. The molecule has 22 heavy (non-hydrogen) atoms. The lowest BCUT2D eigenvalue weighted by Gasteiger charge is -2.21. The predicted molar refractivity (Wildman–Crippen MR) is 86.1 cm³/mol. The van der Waals surface area contributed by atoms with E-state index in [1.165, 1.54) is 0 Å². The summed E-state index contributed by atoms with van der Waals surface area (Å²) in [6, 6.07) is 0.200. The zero-order valence-electron chi connectivity index (χ0n) is 14.4. The van der Waals surface area contributed by atoms with E-state index in [1.54, 1.807) is 0 Å². The molecule has 2 atom stereocenters. The van der Waals surface area contributed by atoms with Crippen LogP contribution < -0.4 is 10.6 Å². The van der Waals surface area contributed by atoms with Gasteiger partial charge in [0.05, 0.1) is 12.7 Å². The molecule has 1 aliphatic rings. The highest BCUT2D eigenvalue weighted by atomic mass is 16.6. The van der Waals surface area contributed by atoms with E-state index in [2.05, 4.69) is 10.6 Å². The first-order valence-electron chi connectivity index (χ1n) is 8.26. The van der Waals surface area contributed by atoms with Gasteiger partial charge in [-0.2, -0.15) is 0 Å². The number of carbonyl (C=O) groups excluding carboxylic acids is 1. The molecule has 0 aliphatic carbocycles. The summed E-state index contributed by atoms with van der Waals surface area (Å²) in [5.74, 6) is 0. The van der Waals surface area contributed by atoms with Crippen molar-refractivity contribution in [3.05, 3.63) is 0 Å². The molecule has 1 saturated heterocycles. The Morgan fingerprint density at radius 3 is 2.82 bits per heavy atom. The number of hydrogen-bond acceptors (Lipinski definition) is 5. The summed E-state index contributed by atoms with van der Waals surface area (Å²) in [6.07, 6.45) is 3.14. The Balaban J connectivity index is 1.92. The number of amides is 1. The highest BCUT2D eigenvalue weighted by molar-refractivity contribution is 5.67. The van der Waals surface area contributed by atoms with Gasteiger partial charge in [-0.05, 0) is 53.5 Å². The van der Waals surface area contributed by atoms with E-state index in [0.717, 1.165) is 39.0 Å². The number of ether oxygens (including phenoxy) is 3. The molecule has 2 N–H and O–H groups in total. The van der Waals surface area contributed by atoms with Crippen molar-refractivity contribution in [1.29, 1.82) is 0 Å². The van der Waals surface area contributed by atoms with Crippen molar-refractivity contribution in [2.45, 2.75) is 64.7 Å². The molecule has 0 spiro atoms. The van der Waals surface area contributed by atoms with Crippen LogP contribution in [0.4, 0.5) is 4.79 Å². The molecule has 1 rings (SSSR count). The predicted octanol–water partition coefficient (Wildman–Crippen LogP) is 2.07. The number of rotatable bonds is 9. The second-order valence-electron chi connectivity index (χ2n) is 6.80. The van der Waals surface area contributed by atoms with E-state index in [0.29, 0.717) is 19.3 Å². The summed E-state index contributed by atoms with van der Waals surface area (Å²) < 4.78 is 16.3. The Labute approximate surface area is 134 Å². The maximum atomic E-state index is 11.5. The molecule has 0 bridgehead atoms. The Bertz CT molecular complexity index is 312. The first kappa shape index (κ1) is 19.2. The molecule has 1 aliphatic heterocycles. The second kappa shape index (κ2) is 10.0. The molecule has 1 fully saturated rings. The van der Waals surface area contributed by atoms with Crippen LogP contribution in [0.1, 0.15) is 47.0 Å². The van der Waals surface area contributed by atoms with Gasteiger partial charge in [0.15, 0.2) is 0 Å². The monoisotopic (exact) mass is 316 g/mol. The quantitative estimate of drug-likeness (QED) is 0.637. The smallest absolute Gasteiger partial charge is 0.407 e. The van der Waals surface area contributed by atoms with Crippen molar-refractivity contribution in [3.63, 3.8) is 0 Å². The SMILES string of the molecule is CC(CNC(=O)OC(C)(C)C)NCCCOCC1CCCO1. The summed E-state index contributed by atoms with van der Waals surface area (Å²) >= 11 is 0. The first-order valence-corrected chi connectivity index (χ1v) is 8.26. The topological polar surface area (TPSA) is 68.8 Å². The lowest BCUT2D eigenvalue weighted by Crippen LogP contribution is -2.41. The minimum Gasteiger partial charge on any atom is -0.444 e. The normalized spacial score (nSPS) is 19.9. The number of nitrogens with one attached hydrogen (secondary N) is 2. The van der Waals surface area contributed by atoms with Gasteiger partial charge in [0, 0.05) is 25.8 Å². The average molecular weight is 316 g/mol. The van der Waals surface area contributed by atoms with Gasteiger partial charge in [-0.25, -0.2) is 4.79 Å². The molecule has 6 heteroatoms. The minimum atomic E-state index is -0.457. The van der Waals surface area contributed by atoms with Crippen molar-refractivity contribution in [3.8, 4) is 0 Å². The van der Waals surface area contributed by atoms with Crippen molar-refractivity contribution < 1.29 is 19.0 Å². The van der Waals surface area contributed by atoms with Crippen molar-refractivity contribution in [2.24, 2.45) is 0 Å². The van der Waals surface area contributed by atoms with E-state index >= 15 is 0 Å². The molecule has 0 aromatic carbocycles. The molecule has 0 aromatic rings. The van der Waals surface area contributed by atoms with Gasteiger partial charge in [-0.3, -0.25) is 0 Å². The average Bonchev–Trinajstić information content (AvgIpc) is 2.91. The minimum absolute atomic E-state index is 0.200.